The fourth-order valence-electron chi connectivity index (χ4n) is 12.2. The average Bonchev–Trinajstić information content (AvgIpc) is 3.47. The molecule has 2 nitrogen and oxygen atoms in total. The van der Waals surface area contributed by atoms with Crippen LogP contribution in [-0.2, 0) is 23.7 Å². The Morgan fingerprint density at radius 2 is 1.03 bits per heavy atom. The minimum absolute atomic E-state index is 0.0708. The summed E-state index contributed by atoms with van der Waals surface area (Å²) in [5, 5.41) is 0. The molecule has 0 radical (unpaired) electrons. The van der Waals surface area contributed by atoms with E-state index in [9.17, 15) is 0 Å². The van der Waals surface area contributed by atoms with Crippen LogP contribution in [0.3, 0.4) is 0 Å². The SMILES string of the molecule is CC1(C)C2=C(CCC(N3C4=C(C=CCC4)CCc4ccccc43)=C2)c2ccc(/C=C/c3ccc4c(c3)C(C)(C)c3cc(N5C6=C(C=CCC6)CCc6ccccc65)ccc3-4)cc21. The highest BCUT2D eigenvalue weighted by Gasteiger charge is 2.40. The van der Waals surface area contributed by atoms with Crippen molar-refractivity contribution in [2.75, 3.05) is 9.80 Å². The topological polar surface area (TPSA) is 6.48 Å². The normalized spacial score (nSPS) is 20.2. The number of aryl methyl sites for hydroxylation is 2. The minimum Gasteiger partial charge on any atom is -0.317 e. The molecular formula is C60H56N2. The van der Waals surface area contributed by atoms with Gasteiger partial charge in [0.15, 0.2) is 0 Å². The van der Waals surface area contributed by atoms with E-state index < -0.39 is 0 Å². The largest absolute Gasteiger partial charge is 0.317 e. The van der Waals surface area contributed by atoms with Gasteiger partial charge in [-0.25, -0.2) is 0 Å². The molecule has 7 aliphatic rings. The maximum atomic E-state index is 2.67. The van der Waals surface area contributed by atoms with Gasteiger partial charge in [0.05, 0.1) is 0 Å². The Morgan fingerprint density at radius 1 is 0.484 bits per heavy atom. The van der Waals surface area contributed by atoms with Gasteiger partial charge in [0, 0.05) is 45.0 Å². The van der Waals surface area contributed by atoms with Crippen molar-refractivity contribution in [2.24, 2.45) is 0 Å². The average molecular weight is 805 g/mol. The molecule has 5 aromatic carbocycles. The minimum atomic E-state index is -0.116. The molecule has 2 heteroatoms. The molecule has 0 fully saturated rings. The fraction of sp³-hybridized carbons (Fsp3) is 0.267. The Labute approximate surface area is 368 Å². The zero-order valence-electron chi connectivity index (χ0n) is 36.8. The highest BCUT2D eigenvalue weighted by atomic mass is 15.2. The van der Waals surface area contributed by atoms with Gasteiger partial charge in [0.1, 0.15) is 0 Å². The first-order valence-corrected chi connectivity index (χ1v) is 23.3. The van der Waals surface area contributed by atoms with Gasteiger partial charge in [0.2, 0.25) is 0 Å². The van der Waals surface area contributed by atoms with E-state index in [-0.39, 0.29) is 10.8 Å². The van der Waals surface area contributed by atoms with Gasteiger partial charge in [-0.05, 0) is 172 Å². The molecule has 5 aromatic rings. The number of benzene rings is 5. The van der Waals surface area contributed by atoms with Crippen LogP contribution in [-0.4, -0.2) is 0 Å². The lowest BCUT2D eigenvalue weighted by Crippen LogP contribution is -2.26. The van der Waals surface area contributed by atoms with E-state index >= 15 is 0 Å². The van der Waals surface area contributed by atoms with Gasteiger partial charge < -0.3 is 9.80 Å². The number of nitrogens with zero attached hydrogens (tertiary/aromatic N) is 2. The number of para-hydroxylation sites is 2. The molecule has 0 aromatic heterocycles. The standard InChI is InChI=1S/C60H56N2/c1-59(2)51-35-39(23-31-47(51)49-33-29-45(37-53(49)59)61-55-17-9-5-13-41(55)25-26-42-14-6-10-18-56(42)61)21-22-40-24-32-48-50-34-30-46(38-54(50)60(3,4)52(48)36-40)62-57-19-11-7-15-43(57)27-28-44-16-8-12-20-58(44)62/h5-9,11,13-17,19,21-24,29,31-33,35-38H,10,12,18,20,25-28,30,34H2,1-4H3/b22-21+. The highest BCUT2D eigenvalue weighted by Crippen LogP contribution is 2.54. The van der Waals surface area contributed by atoms with Gasteiger partial charge in [-0.15, -0.1) is 0 Å². The molecule has 0 bridgehead atoms. The Bertz CT molecular complexity index is 2970. The number of fused-ring (bicyclic) bond motifs is 7. The summed E-state index contributed by atoms with van der Waals surface area (Å²) in [7, 11) is 0. The summed E-state index contributed by atoms with van der Waals surface area (Å²) in [4.78, 5) is 5.26. The molecule has 2 heterocycles. The van der Waals surface area contributed by atoms with Crippen LogP contribution in [0.5, 0.6) is 0 Å². The van der Waals surface area contributed by atoms with Crippen molar-refractivity contribution in [3.63, 3.8) is 0 Å². The van der Waals surface area contributed by atoms with Crippen LogP contribution >= 0.6 is 0 Å². The zero-order chi connectivity index (χ0) is 41.7. The lowest BCUT2D eigenvalue weighted by Gasteiger charge is -2.35. The molecule has 12 rings (SSSR count). The van der Waals surface area contributed by atoms with Crippen molar-refractivity contribution in [3.8, 4) is 11.1 Å². The number of hydrogen-bond acceptors (Lipinski definition) is 2. The molecule has 0 amide bonds. The number of allylic oxidation sites excluding steroid dienone is 12. The third kappa shape index (κ3) is 5.82. The van der Waals surface area contributed by atoms with Crippen molar-refractivity contribution in [2.45, 2.75) is 103 Å². The molecule has 0 atom stereocenters. The Kier molecular flexibility index (Phi) is 8.62. The third-order valence-electron chi connectivity index (χ3n) is 15.5. The van der Waals surface area contributed by atoms with E-state index in [2.05, 4.69) is 183 Å². The van der Waals surface area contributed by atoms with Crippen molar-refractivity contribution in [1.82, 2.24) is 0 Å². The van der Waals surface area contributed by atoms with Gasteiger partial charge >= 0.3 is 0 Å². The van der Waals surface area contributed by atoms with Gasteiger partial charge in [-0.2, -0.15) is 0 Å². The maximum Gasteiger partial charge on any atom is 0.0490 e. The summed E-state index contributed by atoms with van der Waals surface area (Å²) in [5.41, 5.74) is 28.2. The van der Waals surface area contributed by atoms with E-state index in [1.807, 2.05) is 0 Å². The summed E-state index contributed by atoms with van der Waals surface area (Å²) in [5.74, 6) is 0. The molecule has 2 aliphatic heterocycles. The lowest BCUT2D eigenvalue weighted by atomic mass is 9.79. The summed E-state index contributed by atoms with van der Waals surface area (Å²) in [6, 6.07) is 39.8. The van der Waals surface area contributed by atoms with Crippen LogP contribution in [0, 0.1) is 0 Å². The third-order valence-corrected chi connectivity index (χ3v) is 15.5. The molecule has 5 aliphatic carbocycles. The van der Waals surface area contributed by atoms with Crippen molar-refractivity contribution < 1.29 is 0 Å². The Balaban J connectivity index is 0.836. The number of anilines is 3. The molecule has 0 saturated carbocycles. The molecule has 306 valence electrons. The van der Waals surface area contributed by atoms with Crippen LogP contribution in [0.25, 0.3) is 28.9 Å². The predicted octanol–water partition coefficient (Wildman–Crippen LogP) is 15.6. The van der Waals surface area contributed by atoms with Gasteiger partial charge in [-0.3, -0.25) is 0 Å². The van der Waals surface area contributed by atoms with Crippen LogP contribution in [0.2, 0.25) is 0 Å². The molecule has 0 saturated heterocycles. The monoisotopic (exact) mass is 804 g/mol. The van der Waals surface area contributed by atoms with Gasteiger partial charge in [-0.1, -0.05) is 143 Å². The summed E-state index contributed by atoms with van der Waals surface area (Å²) < 4.78 is 0. The maximum absolute atomic E-state index is 2.67. The predicted molar refractivity (Wildman–Crippen MR) is 262 cm³/mol. The molecular weight excluding hydrogens is 749 g/mol. The molecule has 0 N–H and O–H groups in total. The van der Waals surface area contributed by atoms with E-state index in [0.29, 0.717) is 0 Å². The Hall–Kier alpha value is -6.12. The van der Waals surface area contributed by atoms with Crippen LogP contribution < -0.4 is 9.80 Å². The quantitative estimate of drug-likeness (QED) is 0.167. The van der Waals surface area contributed by atoms with E-state index in [1.165, 1.54) is 107 Å². The second-order valence-electron chi connectivity index (χ2n) is 19.7. The first kappa shape index (κ1) is 37.6. The van der Waals surface area contributed by atoms with Crippen LogP contribution in [0.4, 0.5) is 17.1 Å². The lowest BCUT2D eigenvalue weighted by molar-refractivity contribution is 0.647. The first-order valence-electron chi connectivity index (χ1n) is 23.3. The fourth-order valence-corrected chi connectivity index (χ4v) is 12.2. The first-order chi connectivity index (χ1) is 30.2. The van der Waals surface area contributed by atoms with Crippen LogP contribution in [0.15, 0.2) is 167 Å². The van der Waals surface area contributed by atoms with E-state index in [4.69, 9.17) is 0 Å². The van der Waals surface area contributed by atoms with Gasteiger partial charge in [0.25, 0.3) is 0 Å². The Morgan fingerprint density at radius 3 is 1.69 bits per heavy atom. The summed E-state index contributed by atoms with van der Waals surface area (Å²) >= 11 is 0. The van der Waals surface area contributed by atoms with E-state index in [1.54, 1.807) is 5.57 Å². The number of hydrogen-bond donors (Lipinski definition) is 0. The van der Waals surface area contributed by atoms with E-state index in [0.717, 1.165) is 64.2 Å². The second-order valence-corrected chi connectivity index (χ2v) is 19.7. The second kappa shape index (κ2) is 14.2. The summed E-state index contributed by atoms with van der Waals surface area (Å²) in [6.45, 7) is 9.74. The number of rotatable bonds is 4. The van der Waals surface area contributed by atoms with Crippen molar-refractivity contribution >= 4 is 34.8 Å². The summed E-state index contributed by atoms with van der Waals surface area (Å²) in [6.07, 6.45) is 27.8. The van der Waals surface area contributed by atoms with Crippen LogP contribution in [0.1, 0.15) is 124 Å². The smallest absolute Gasteiger partial charge is 0.0490 e. The van der Waals surface area contributed by atoms with Crippen molar-refractivity contribution in [1.29, 1.82) is 0 Å². The van der Waals surface area contributed by atoms with Crippen molar-refractivity contribution in [3.05, 3.63) is 212 Å². The molecule has 0 unspecified atom stereocenters. The molecule has 62 heavy (non-hydrogen) atoms. The highest BCUT2D eigenvalue weighted by molar-refractivity contribution is 5.88. The molecule has 0 spiro atoms. The zero-order valence-corrected chi connectivity index (χ0v) is 36.8.